The van der Waals surface area contributed by atoms with E-state index in [1.54, 1.807) is 0 Å². The van der Waals surface area contributed by atoms with Crippen molar-refractivity contribution in [1.82, 2.24) is 9.97 Å². The summed E-state index contributed by atoms with van der Waals surface area (Å²) in [6, 6.07) is 59.8. The lowest BCUT2D eigenvalue weighted by Crippen LogP contribution is -2.14. The van der Waals surface area contributed by atoms with E-state index in [1.807, 2.05) is 36.7 Å². The minimum Gasteiger partial charge on any atom is -0.310 e. The smallest absolute Gasteiger partial charge is 0.234 e. The SMILES string of the molecule is c1ccc(-c2cnc(N(c3ccccc3)c3ccc4ccc5c(N(c6ccccc6)c6ccccc6)ccc6ccc3c4c65)nc2)cc1. The monoisotopic (exact) mass is 614 g/mol. The maximum atomic E-state index is 4.93. The lowest BCUT2D eigenvalue weighted by atomic mass is 9.92. The molecule has 226 valence electrons. The zero-order chi connectivity index (χ0) is 31.9. The second-order valence-electron chi connectivity index (χ2n) is 11.9. The summed E-state index contributed by atoms with van der Waals surface area (Å²) in [5.74, 6) is 0.621. The van der Waals surface area contributed by atoms with Gasteiger partial charge in [0.1, 0.15) is 0 Å². The van der Waals surface area contributed by atoms with E-state index >= 15 is 0 Å². The van der Waals surface area contributed by atoms with Gasteiger partial charge in [0.15, 0.2) is 0 Å². The fourth-order valence-corrected chi connectivity index (χ4v) is 6.90. The number of anilines is 6. The topological polar surface area (TPSA) is 32.3 Å². The molecule has 0 saturated carbocycles. The number of para-hydroxylation sites is 3. The maximum Gasteiger partial charge on any atom is 0.234 e. The van der Waals surface area contributed by atoms with E-state index in [0.717, 1.165) is 45.0 Å². The molecule has 0 bridgehead atoms. The first kappa shape index (κ1) is 27.8. The van der Waals surface area contributed by atoms with Crippen molar-refractivity contribution in [2.24, 2.45) is 0 Å². The van der Waals surface area contributed by atoms with Gasteiger partial charge < -0.3 is 4.90 Å². The van der Waals surface area contributed by atoms with Gasteiger partial charge in [0.25, 0.3) is 0 Å². The summed E-state index contributed by atoms with van der Waals surface area (Å²) in [7, 11) is 0. The maximum absolute atomic E-state index is 4.93. The van der Waals surface area contributed by atoms with Crippen LogP contribution in [0.5, 0.6) is 0 Å². The van der Waals surface area contributed by atoms with Crippen molar-refractivity contribution >= 4 is 66.7 Å². The highest BCUT2D eigenvalue weighted by Crippen LogP contribution is 2.46. The van der Waals surface area contributed by atoms with E-state index in [4.69, 9.17) is 9.97 Å². The van der Waals surface area contributed by atoms with Gasteiger partial charge in [0, 0.05) is 45.8 Å². The predicted molar refractivity (Wildman–Crippen MR) is 201 cm³/mol. The van der Waals surface area contributed by atoms with Crippen LogP contribution in [0.2, 0.25) is 0 Å². The van der Waals surface area contributed by atoms with Gasteiger partial charge in [0.05, 0.1) is 11.4 Å². The van der Waals surface area contributed by atoms with Crippen LogP contribution in [0.25, 0.3) is 43.4 Å². The van der Waals surface area contributed by atoms with Gasteiger partial charge in [-0.2, -0.15) is 0 Å². The first-order valence-corrected chi connectivity index (χ1v) is 16.2. The van der Waals surface area contributed by atoms with Crippen LogP contribution in [0.4, 0.5) is 34.4 Å². The lowest BCUT2D eigenvalue weighted by Gasteiger charge is -2.28. The Morgan fingerprint density at radius 2 is 0.729 bits per heavy atom. The molecule has 0 atom stereocenters. The fraction of sp³-hybridized carbons (Fsp3) is 0. The minimum atomic E-state index is 0.621. The van der Waals surface area contributed by atoms with Crippen LogP contribution in [0, 0.1) is 0 Å². The number of hydrogen-bond donors (Lipinski definition) is 0. The van der Waals surface area contributed by atoms with Crippen molar-refractivity contribution in [1.29, 1.82) is 0 Å². The Labute approximate surface area is 279 Å². The van der Waals surface area contributed by atoms with Crippen LogP contribution in [0.15, 0.2) is 182 Å². The molecule has 8 aromatic carbocycles. The molecule has 1 aromatic heterocycles. The molecule has 0 spiro atoms. The number of aromatic nitrogens is 2. The largest absolute Gasteiger partial charge is 0.310 e. The summed E-state index contributed by atoms with van der Waals surface area (Å²) in [5, 5.41) is 7.23. The first-order valence-electron chi connectivity index (χ1n) is 16.2. The number of rotatable bonds is 7. The van der Waals surface area contributed by atoms with Crippen molar-refractivity contribution in [3.63, 3.8) is 0 Å². The molecule has 1 heterocycles. The molecule has 0 saturated heterocycles. The van der Waals surface area contributed by atoms with Crippen molar-refractivity contribution in [2.45, 2.75) is 0 Å². The van der Waals surface area contributed by atoms with Gasteiger partial charge in [-0.1, -0.05) is 121 Å². The third-order valence-electron chi connectivity index (χ3n) is 9.09. The molecule has 0 aliphatic carbocycles. The molecule has 4 heteroatoms. The molecular weight excluding hydrogens is 585 g/mol. The van der Waals surface area contributed by atoms with Crippen molar-refractivity contribution in [3.05, 3.63) is 182 Å². The van der Waals surface area contributed by atoms with Crippen molar-refractivity contribution in [2.75, 3.05) is 9.80 Å². The molecule has 9 rings (SSSR count). The Hall–Kier alpha value is -6.52. The summed E-state index contributed by atoms with van der Waals surface area (Å²) >= 11 is 0. The van der Waals surface area contributed by atoms with Gasteiger partial charge in [-0.25, -0.2) is 9.97 Å². The van der Waals surface area contributed by atoms with Crippen LogP contribution >= 0.6 is 0 Å². The highest BCUT2D eigenvalue weighted by atomic mass is 15.3. The minimum absolute atomic E-state index is 0.621. The average Bonchev–Trinajstić information content (AvgIpc) is 3.17. The van der Waals surface area contributed by atoms with E-state index in [9.17, 15) is 0 Å². The zero-order valence-corrected chi connectivity index (χ0v) is 26.1. The average molecular weight is 615 g/mol. The summed E-state index contributed by atoms with van der Waals surface area (Å²) in [4.78, 5) is 14.4. The van der Waals surface area contributed by atoms with E-state index in [1.165, 1.54) is 26.9 Å². The molecule has 4 nitrogen and oxygen atoms in total. The molecule has 0 radical (unpaired) electrons. The standard InChI is InChI=1S/C44H30N4/c1-5-13-31(14-6-1)34-29-45-44(46-30-34)48(37-19-11-4-12-20-37)41-28-24-33-21-25-38-40(27-23-32-22-26-39(41)43(33)42(32)38)47(35-15-7-2-8-16-35)36-17-9-3-10-18-36/h1-30H. The van der Waals surface area contributed by atoms with Crippen LogP contribution in [-0.4, -0.2) is 9.97 Å². The van der Waals surface area contributed by atoms with Crippen molar-refractivity contribution < 1.29 is 0 Å². The zero-order valence-electron chi connectivity index (χ0n) is 26.1. The molecule has 0 amide bonds. The number of nitrogens with zero attached hydrogens (tertiary/aromatic N) is 4. The van der Waals surface area contributed by atoms with Crippen LogP contribution in [0.3, 0.4) is 0 Å². The Morgan fingerprint density at radius 1 is 0.333 bits per heavy atom. The van der Waals surface area contributed by atoms with Gasteiger partial charge in [-0.15, -0.1) is 0 Å². The quantitative estimate of drug-likeness (QED) is 0.167. The molecule has 48 heavy (non-hydrogen) atoms. The first-order chi connectivity index (χ1) is 23.8. The summed E-state index contributed by atoms with van der Waals surface area (Å²) < 4.78 is 0. The summed E-state index contributed by atoms with van der Waals surface area (Å²) in [6.45, 7) is 0. The Kier molecular flexibility index (Phi) is 6.76. The second kappa shape index (κ2) is 11.7. The van der Waals surface area contributed by atoms with E-state index in [0.29, 0.717) is 5.95 Å². The molecule has 9 aromatic rings. The lowest BCUT2D eigenvalue weighted by molar-refractivity contribution is 1.09. The van der Waals surface area contributed by atoms with Crippen LogP contribution < -0.4 is 9.80 Å². The van der Waals surface area contributed by atoms with Gasteiger partial charge in [-0.3, -0.25) is 4.90 Å². The highest BCUT2D eigenvalue weighted by Gasteiger charge is 2.22. The molecular formula is C44H30N4. The number of benzene rings is 8. The van der Waals surface area contributed by atoms with Gasteiger partial charge in [0.2, 0.25) is 5.95 Å². The predicted octanol–water partition coefficient (Wildman–Crippen LogP) is 12.0. The van der Waals surface area contributed by atoms with Crippen molar-refractivity contribution in [3.8, 4) is 11.1 Å². The van der Waals surface area contributed by atoms with E-state index in [-0.39, 0.29) is 0 Å². The summed E-state index contributed by atoms with van der Waals surface area (Å²) in [6.07, 6.45) is 3.83. The van der Waals surface area contributed by atoms with Gasteiger partial charge >= 0.3 is 0 Å². The third kappa shape index (κ3) is 4.70. The molecule has 0 fully saturated rings. The molecule has 0 N–H and O–H groups in total. The summed E-state index contributed by atoms with van der Waals surface area (Å²) in [5.41, 5.74) is 7.48. The van der Waals surface area contributed by atoms with E-state index in [2.05, 4.69) is 155 Å². The highest BCUT2D eigenvalue weighted by molar-refractivity contribution is 6.28. The number of hydrogen-bond acceptors (Lipinski definition) is 4. The fourth-order valence-electron chi connectivity index (χ4n) is 6.90. The Morgan fingerprint density at radius 3 is 1.21 bits per heavy atom. The molecule has 0 aliphatic rings. The van der Waals surface area contributed by atoms with Crippen LogP contribution in [-0.2, 0) is 0 Å². The van der Waals surface area contributed by atoms with E-state index < -0.39 is 0 Å². The molecule has 0 unspecified atom stereocenters. The van der Waals surface area contributed by atoms with Crippen LogP contribution in [0.1, 0.15) is 0 Å². The normalized spacial score (nSPS) is 11.3. The van der Waals surface area contributed by atoms with Gasteiger partial charge in [-0.05, 0) is 75.6 Å². The Bertz CT molecular complexity index is 2440. The third-order valence-corrected chi connectivity index (χ3v) is 9.09. The Balaban J connectivity index is 1.27. The molecule has 0 aliphatic heterocycles. The second-order valence-corrected chi connectivity index (χ2v) is 11.9.